The van der Waals surface area contributed by atoms with Gasteiger partial charge in [0.2, 0.25) is 5.88 Å². The van der Waals surface area contributed by atoms with Gasteiger partial charge in [-0.1, -0.05) is 0 Å². The first-order valence-corrected chi connectivity index (χ1v) is 3.72. The van der Waals surface area contributed by atoms with Crippen LogP contribution in [0.25, 0.3) is 0 Å². The van der Waals surface area contributed by atoms with Gasteiger partial charge in [0.15, 0.2) is 5.01 Å². The lowest BCUT2D eigenvalue weighted by Gasteiger charge is -2.16. The van der Waals surface area contributed by atoms with Crippen LogP contribution in [-0.2, 0) is 5.92 Å². The van der Waals surface area contributed by atoms with Gasteiger partial charge in [0.25, 0.3) is 0 Å². The molecule has 0 amide bonds. The summed E-state index contributed by atoms with van der Waals surface area (Å²) in [6.45, 7) is 0. The number of thiazole rings is 1. The highest BCUT2D eigenvalue weighted by Gasteiger charge is 2.60. The summed E-state index contributed by atoms with van der Waals surface area (Å²) in [6, 6.07) is 0. The molecule has 0 fully saturated rings. The van der Waals surface area contributed by atoms with Crippen LogP contribution in [0.15, 0.2) is 5.38 Å². The Balaban J connectivity index is 3.07. The second-order valence-corrected chi connectivity index (χ2v) is 2.94. The van der Waals surface area contributed by atoms with Crippen molar-refractivity contribution in [3.05, 3.63) is 10.4 Å². The molecule has 8 heteroatoms. The average Bonchev–Trinajstić information content (AvgIpc) is 2.33. The normalized spacial score (nSPS) is 13.3. The molecule has 0 bridgehead atoms. The van der Waals surface area contributed by atoms with Crippen LogP contribution in [0.1, 0.15) is 5.01 Å². The lowest BCUT2D eigenvalue weighted by Crippen LogP contribution is -2.33. The fourth-order valence-corrected chi connectivity index (χ4v) is 1.21. The van der Waals surface area contributed by atoms with E-state index in [-0.39, 0.29) is 11.3 Å². The van der Waals surface area contributed by atoms with Crippen molar-refractivity contribution >= 4 is 11.3 Å². The van der Waals surface area contributed by atoms with Crippen LogP contribution in [0.3, 0.4) is 0 Å². The first kappa shape index (κ1) is 10.2. The fraction of sp³-hybridized carbons (Fsp3) is 0.400. The summed E-state index contributed by atoms with van der Waals surface area (Å²) in [4.78, 5) is 2.65. The number of alkyl halides is 5. The third-order valence-electron chi connectivity index (χ3n) is 1.12. The molecule has 1 rings (SSSR count). The van der Waals surface area contributed by atoms with Gasteiger partial charge < -0.3 is 5.11 Å². The summed E-state index contributed by atoms with van der Waals surface area (Å²) < 4.78 is 59.8. The number of rotatable bonds is 1. The van der Waals surface area contributed by atoms with Crippen LogP contribution < -0.4 is 0 Å². The number of halogens is 5. The number of aromatic nitrogens is 1. The van der Waals surface area contributed by atoms with Gasteiger partial charge in [0, 0.05) is 0 Å². The van der Waals surface area contributed by atoms with Gasteiger partial charge >= 0.3 is 12.1 Å². The van der Waals surface area contributed by atoms with E-state index in [1.807, 2.05) is 0 Å². The Labute approximate surface area is 72.6 Å². The minimum atomic E-state index is -5.68. The predicted molar refractivity (Wildman–Crippen MR) is 33.7 cm³/mol. The summed E-state index contributed by atoms with van der Waals surface area (Å²) in [5.74, 6) is -5.84. The first-order valence-electron chi connectivity index (χ1n) is 2.84. The van der Waals surface area contributed by atoms with E-state index in [0.717, 1.165) is 0 Å². The SMILES string of the molecule is Oc1csc(C(F)(F)C(F)(F)F)n1. The molecule has 0 spiro atoms. The zero-order chi connectivity index (χ0) is 10.3. The van der Waals surface area contributed by atoms with Crippen molar-refractivity contribution in [3.63, 3.8) is 0 Å². The minimum absolute atomic E-state index is 0.0522. The van der Waals surface area contributed by atoms with Crippen LogP contribution in [0, 0.1) is 0 Å². The van der Waals surface area contributed by atoms with Crippen molar-refractivity contribution in [2.24, 2.45) is 0 Å². The van der Waals surface area contributed by atoms with Gasteiger partial charge in [-0.05, 0) is 0 Å². The highest BCUT2D eigenvalue weighted by atomic mass is 32.1. The minimum Gasteiger partial charge on any atom is -0.493 e. The van der Waals surface area contributed by atoms with E-state index in [1.165, 1.54) is 0 Å². The maximum atomic E-state index is 12.4. The quantitative estimate of drug-likeness (QED) is 0.736. The van der Waals surface area contributed by atoms with Crippen molar-refractivity contribution < 1.29 is 27.1 Å². The Hall–Kier alpha value is -0.920. The molecule has 2 nitrogen and oxygen atoms in total. The molecule has 0 saturated carbocycles. The van der Waals surface area contributed by atoms with Crippen LogP contribution in [0.5, 0.6) is 5.88 Å². The highest BCUT2D eigenvalue weighted by molar-refractivity contribution is 7.09. The van der Waals surface area contributed by atoms with Crippen molar-refractivity contribution in [2.45, 2.75) is 12.1 Å². The topological polar surface area (TPSA) is 33.1 Å². The van der Waals surface area contributed by atoms with E-state index in [9.17, 15) is 22.0 Å². The molecule has 0 aliphatic heterocycles. The molecule has 0 aliphatic carbocycles. The molecule has 13 heavy (non-hydrogen) atoms. The van der Waals surface area contributed by atoms with Gasteiger partial charge in [0.05, 0.1) is 5.38 Å². The van der Waals surface area contributed by atoms with E-state index < -0.39 is 23.0 Å². The van der Waals surface area contributed by atoms with E-state index in [0.29, 0.717) is 5.38 Å². The predicted octanol–water partition coefficient (Wildman–Crippen LogP) is 2.50. The Morgan fingerprint density at radius 1 is 1.23 bits per heavy atom. The fourth-order valence-electron chi connectivity index (χ4n) is 0.531. The number of hydrogen-bond donors (Lipinski definition) is 1. The smallest absolute Gasteiger partial charge is 0.460 e. The van der Waals surface area contributed by atoms with Crippen LogP contribution in [0.4, 0.5) is 22.0 Å². The molecule has 1 aromatic heterocycles. The number of hydrogen-bond acceptors (Lipinski definition) is 3. The molecule has 0 aromatic carbocycles. The summed E-state index contributed by atoms with van der Waals surface area (Å²) in [5.41, 5.74) is 0. The summed E-state index contributed by atoms with van der Waals surface area (Å²) in [6.07, 6.45) is -5.68. The standard InChI is InChI=1S/C5H2F5NOS/c6-4(7,5(8,9)10)3-11-2(12)1-13-3/h1,12H. The van der Waals surface area contributed by atoms with Crippen LogP contribution >= 0.6 is 11.3 Å². The molecule has 1 heterocycles. The molecule has 1 aromatic rings. The van der Waals surface area contributed by atoms with Gasteiger partial charge in [-0.15, -0.1) is 11.3 Å². The van der Waals surface area contributed by atoms with Gasteiger partial charge in [-0.2, -0.15) is 22.0 Å². The average molecular weight is 219 g/mol. The van der Waals surface area contributed by atoms with Gasteiger partial charge in [-0.3, -0.25) is 0 Å². The molecule has 0 saturated heterocycles. The van der Waals surface area contributed by atoms with Gasteiger partial charge in [-0.25, -0.2) is 4.98 Å². The van der Waals surface area contributed by atoms with E-state index in [2.05, 4.69) is 4.98 Å². The summed E-state index contributed by atoms with van der Waals surface area (Å²) in [7, 11) is 0. The Bertz CT molecular complexity index is 306. The zero-order valence-electron chi connectivity index (χ0n) is 5.77. The third kappa shape index (κ3) is 1.71. The largest absolute Gasteiger partial charge is 0.493 e. The maximum absolute atomic E-state index is 12.4. The van der Waals surface area contributed by atoms with E-state index >= 15 is 0 Å². The lowest BCUT2D eigenvalue weighted by molar-refractivity contribution is -0.289. The van der Waals surface area contributed by atoms with Crippen molar-refractivity contribution in [3.8, 4) is 5.88 Å². The Morgan fingerprint density at radius 3 is 2.08 bits per heavy atom. The second kappa shape index (κ2) is 2.79. The maximum Gasteiger partial charge on any atom is 0.460 e. The molecule has 0 unspecified atom stereocenters. The molecule has 0 radical (unpaired) electrons. The van der Waals surface area contributed by atoms with E-state index in [1.54, 1.807) is 0 Å². The number of aromatic hydroxyl groups is 1. The zero-order valence-corrected chi connectivity index (χ0v) is 6.59. The van der Waals surface area contributed by atoms with Crippen molar-refractivity contribution in [1.82, 2.24) is 4.98 Å². The summed E-state index contributed by atoms with van der Waals surface area (Å²) in [5, 5.41) is 7.72. The Kier molecular flexibility index (Phi) is 2.18. The highest BCUT2D eigenvalue weighted by Crippen LogP contribution is 2.45. The number of nitrogens with zero attached hydrogens (tertiary/aromatic N) is 1. The van der Waals surface area contributed by atoms with Gasteiger partial charge in [0.1, 0.15) is 0 Å². The van der Waals surface area contributed by atoms with Crippen molar-refractivity contribution in [1.29, 1.82) is 0 Å². The second-order valence-electron chi connectivity index (χ2n) is 2.08. The Morgan fingerprint density at radius 2 is 1.77 bits per heavy atom. The monoisotopic (exact) mass is 219 g/mol. The summed E-state index contributed by atoms with van der Waals surface area (Å²) >= 11 is 0.0522. The molecule has 0 atom stereocenters. The van der Waals surface area contributed by atoms with Crippen LogP contribution in [0.2, 0.25) is 0 Å². The lowest BCUT2D eigenvalue weighted by atomic mass is 10.3. The van der Waals surface area contributed by atoms with E-state index in [4.69, 9.17) is 5.11 Å². The third-order valence-corrected chi connectivity index (χ3v) is 2.02. The molecule has 0 aliphatic rings. The van der Waals surface area contributed by atoms with Crippen molar-refractivity contribution in [2.75, 3.05) is 0 Å². The first-order chi connectivity index (χ1) is 5.75. The molecular formula is C5H2F5NOS. The molecular weight excluding hydrogens is 217 g/mol. The molecule has 74 valence electrons. The molecule has 1 N–H and O–H groups in total. The van der Waals surface area contributed by atoms with Crippen LogP contribution in [-0.4, -0.2) is 16.3 Å².